The Balaban J connectivity index is 1.88. The Kier molecular flexibility index (Phi) is 6.16. The van der Waals surface area contributed by atoms with Crippen LogP contribution in [0, 0.1) is 13.8 Å². The molecule has 0 saturated carbocycles. The Morgan fingerprint density at radius 2 is 1.82 bits per heavy atom. The van der Waals surface area contributed by atoms with Crippen molar-refractivity contribution in [1.29, 1.82) is 0 Å². The largest absolute Gasteiger partial charge is 0.344 e. The van der Waals surface area contributed by atoms with Crippen molar-refractivity contribution < 1.29 is 9.59 Å². The van der Waals surface area contributed by atoms with Crippen molar-refractivity contribution in [2.24, 2.45) is 0 Å². The quantitative estimate of drug-likeness (QED) is 0.644. The number of aldehydes is 1. The number of amides is 1. The molecule has 0 unspecified atom stereocenters. The molecule has 5 nitrogen and oxygen atoms in total. The van der Waals surface area contributed by atoms with Crippen LogP contribution in [0.2, 0.25) is 5.02 Å². The van der Waals surface area contributed by atoms with Gasteiger partial charge in [-0.05, 0) is 36.6 Å². The van der Waals surface area contributed by atoms with Gasteiger partial charge in [-0.3, -0.25) is 4.79 Å². The van der Waals surface area contributed by atoms with E-state index in [-0.39, 0.29) is 18.1 Å². The van der Waals surface area contributed by atoms with Gasteiger partial charge in [0.05, 0.1) is 6.54 Å². The number of halogens is 1. The van der Waals surface area contributed by atoms with Crippen LogP contribution in [-0.2, 0) is 11.2 Å². The van der Waals surface area contributed by atoms with E-state index in [0.717, 1.165) is 22.4 Å². The van der Waals surface area contributed by atoms with Crippen molar-refractivity contribution in [3.63, 3.8) is 0 Å². The molecule has 0 fully saturated rings. The third-order valence-electron chi connectivity index (χ3n) is 4.51. The van der Waals surface area contributed by atoms with Crippen LogP contribution in [0.4, 0.5) is 0 Å². The molecule has 0 spiro atoms. The smallest absolute Gasteiger partial charge is 0.270 e. The van der Waals surface area contributed by atoms with Crippen LogP contribution in [0.1, 0.15) is 33.1 Å². The number of aryl methyl sites for hydroxylation is 1. The minimum Gasteiger partial charge on any atom is -0.344 e. The molecule has 0 bridgehead atoms. The summed E-state index contributed by atoms with van der Waals surface area (Å²) in [6, 6.07) is 15.9. The monoisotopic (exact) mass is 393 g/mol. The number of hydrogen-bond donors (Lipinski definition) is 1. The van der Waals surface area contributed by atoms with E-state index in [1.54, 1.807) is 6.92 Å². The predicted octanol–water partition coefficient (Wildman–Crippen LogP) is 3.93. The second kappa shape index (κ2) is 8.76. The summed E-state index contributed by atoms with van der Waals surface area (Å²) in [6.45, 7) is 3.57. The highest BCUT2D eigenvalue weighted by Crippen LogP contribution is 2.27. The summed E-state index contributed by atoms with van der Waals surface area (Å²) >= 11 is 6.50. The van der Waals surface area contributed by atoms with E-state index in [1.807, 2.05) is 55.5 Å². The Morgan fingerprint density at radius 1 is 1.07 bits per heavy atom. The zero-order chi connectivity index (χ0) is 20.1. The number of nitrogens with one attached hydrogen (secondary N) is 1. The van der Waals surface area contributed by atoms with Gasteiger partial charge in [-0.25, -0.2) is 9.97 Å². The fourth-order valence-corrected chi connectivity index (χ4v) is 3.12. The van der Waals surface area contributed by atoms with E-state index in [1.165, 1.54) is 0 Å². The average molecular weight is 394 g/mol. The second-order valence-corrected chi connectivity index (χ2v) is 6.83. The zero-order valence-corrected chi connectivity index (χ0v) is 16.5. The number of benzene rings is 2. The lowest BCUT2D eigenvalue weighted by molar-refractivity contribution is -0.107. The zero-order valence-electron chi connectivity index (χ0n) is 15.7. The van der Waals surface area contributed by atoms with Gasteiger partial charge in [0.1, 0.15) is 17.8 Å². The van der Waals surface area contributed by atoms with Crippen molar-refractivity contribution in [1.82, 2.24) is 15.3 Å². The van der Waals surface area contributed by atoms with Crippen LogP contribution < -0.4 is 5.32 Å². The first-order valence-electron chi connectivity index (χ1n) is 8.89. The molecule has 0 atom stereocenters. The molecule has 3 rings (SSSR count). The lowest BCUT2D eigenvalue weighted by Gasteiger charge is -2.11. The minimum atomic E-state index is -0.387. The van der Waals surface area contributed by atoms with Crippen LogP contribution in [0.25, 0.3) is 11.1 Å². The second-order valence-electron chi connectivity index (χ2n) is 6.42. The van der Waals surface area contributed by atoms with Gasteiger partial charge in [-0.1, -0.05) is 54.1 Å². The fraction of sp³-hybridized carbons (Fsp3) is 0.182. The maximum absolute atomic E-state index is 12.3. The van der Waals surface area contributed by atoms with Crippen LogP contribution in [0.15, 0.2) is 48.5 Å². The van der Waals surface area contributed by atoms with Crippen molar-refractivity contribution in [2.45, 2.75) is 20.3 Å². The summed E-state index contributed by atoms with van der Waals surface area (Å²) in [5, 5.41) is 3.14. The first-order valence-corrected chi connectivity index (χ1v) is 9.27. The van der Waals surface area contributed by atoms with Gasteiger partial charge in [0.25, 0.3) is 5.91 Å². The molecule has 2 aromatic carbocycles. The Hall–Kier alpha value is -3.05. The highest BCUT2D eigenvalue weighted by atomic mass is 35.5. The summed E-state index contributed by atoms with van der Waals surface area (Å²) in [4.78, 5) is 31.7. The Labute approximate surface area is 168 Å². The van der Waals surface area contributed by atoms with Crippen molar-refractivity contribution in [2.75, 3.05) is 6.54 Å². The molecule has 1 amide bonds. The normalized spacial score (nSPS) is 10.5. The van der Waals surface area contributed by atoms with Crippen molar-refractivity contribution in [3.05, 3.63) is 81.9 Å². The number of nitrogens with zero attached hydrogens (tertiary/aromatic N) is 2. The van der Waals surface area contributed by atoms with E-state index >= 15 is 0 Å². The Morgan fingerprint density at radius 3 is 2.50 bits per heavy atom. The summed E-state index contributed by atoms with van der Waals surface area (Å²) in [5.41, 5.74) is 4.69. The van der Waals surface area contributed by atoms with Crippen molar-refractivity contribution >= 4 is 23.8 Å². The van der Waals surface area contributed by atoms with Gasteiger partial charge in [-0.15, -0.1) is 0 Å². The topological polar surface area (TPSA) is 72.0 Å². The third-order valence-corrected chi connectivity index (χ3v) is 4.86. The molecule has 6 heteroatoms. The summed E-state index contributed by atoms with van der Waals surface area (Å²) in [6.07, 6.45) is 1.04. The van der Waals surface area contributed by atoms with E-state index in [9.17, 15) is 9.59 Å². The van der Waals surface area contributed by atoms with E-state index in [0.29, 0.717) is 29.1 Å². The molecule has 142 valence electrons. The maximum Gasteiger partial charge on any atom is 0.270 e. The molecule has 0 saturated heterocycles. The minimum absolute atomic E-state index is 0.0521. The average Bonchev–Trinajstić information content (AvgIpc) is 2.70. The van der Waals surface area contributed by atoms with E-state index in [2.05, 4.69) is 15.3 Å². The summed E-state index contributed by atoms with van der Waals surface area (Å²) < 4.78 is 0. The molecule has 0 aliphatic carbocycles. The highest BCUT2D eigenvalue weighted by Gasteiger charge is 2.16. The molecular weight excluding hydrogens is 374 g/mol. The number of rotatable bonds is 6. The van der Waals surface area contributed by atoms with Gasteiger partial charge in [0.2, 0.25) is 0 Å². The van der Waals surface area contributed by atoms with Crippen LogP contribution in [0.5, 0.6) is 0 Å². The Bertz CT molecular complexity index is 1020. The van der Waals surface area contributed by atoms with Crippen LogP contribution >= 0.6 is 11.6 Å². The molecule has 1 N–H and O–H groups in total. The molecule has 3 aromatic rings. The lowest BCUT2D eigenvalue weighted by Crippen LogP contribution is -2.27. The number of aromatic nitrogens is 2. The first-order chi connectivity index (χ1) is 13.5. The lowest BCUT2D eigenvalue weighted by atomic mass is 10.0. The summed E-state index contributed by atoms with van der Waals surface area (Å²) in [5.74, 6) is 0.121. The third kappa shape index (κ3) is 4.43. The van der Waals surface area contributed by atoms with Crippen LogP contribution in [0.3, 0.4) is 0 Å². The molecule has 1 heterocycles. The molecule has 28 heavy (non-hydrogen) atoms. The van der Waals surface area contributed by atoms with E-state index in [4.69, 9.17) is 11.6 Å². The number of carbonyl (C=O) groups is 2. The van der Waals surface area contributed by atoms with Crippen molar-refractivity contribution in [3.8, 4) is 11.1 Å². The first kappa shape index (κ1) is 19.7. The van der Waals surface area contributed by atoms with Gasteiger partial charge in [0.15, 0.2) is 0 Å². The van der Waals surface area contributed by atoms with Gasteiger partial charge in [-0.2, -0.15) is 0 Å². The van der Waals surface area contributed by atoms with Crippen LogP contribution in [-0.4, -0.2) is 28.7 Å². The predicted molar refractivity (Wildman–Crippen MR) is 110 cm³/mol. The van der Waals surface area contributed by atoms with Gasteiger partial charge in [0, 0.05) is 22.7 Å². The molecular formula is C22H20ClN3O2. The standard InChI is InChI=1S/C22H20ClN3O2/c1-14-15(2)25-20(26-21(14)22(28)24-10-11-27)13-18-9-8-17(12-19(18)23)16-6-4-3-5-7-16/h3-9,11-12H,10,13H2,1-2H3,(H,24,28). The highest BCUT2D eigenvalue weighted by molar-refractivity contribution is 6.31. The van der Waals surface area contributed by atoms with Gasteiger partial charge >= 0.3 is 0 Å². The molecule has 0 radical (unpaired) electrons. The fourth-order valence-electron chi connectivity index (χ4n) is 2.88. The SMILES string of the molecule is Cc1nc(Cc2ccc(-c3ccccc3)cc2Cl)nc(C(=O)NCC=O)c1C. The summed E-state index contributed by atoms with van der Waals surface area (Å²) in [7, 11) is 0. The molecule has 0 aliphatic rings. The maximum atomic E-state index is 12.3. The van der Waals surface area contributed by atoms with E-state index < -0.39 is 0 Å². The molecule has 0 aliphatic heterocycles. The number of carbonyl (C=O) groups excluding carboxylic acids is 2. The van der Waals surface area contributed by atoms with Gasteiger partial charge < -0.3 is 10.1 Å². The number of hydrogen-bond acceptors (Lipinski definition) is 4. The molecule has 1 aromatic heterocycles.